The zero-order valence-corrected chi connectivity index (χ0v) is 17.9. The molecule has 2 N–H and O–H groups in total. The van der Waals surface area contributed by atoms with E-state index < -0.39 is 12.0 Å². The molecule has 1 saturated carbocycles. The number of carbonyl (C=O) groups is 1. The summed E-state index contributed by atoms with van der Waals surface area (Å²) >= 11 is 5.85. The number of nitrogens with one attached hydrogen (secondary N) is 1. The zero-order valence-electron chi connectivity index (χ0n) is 17.2. The largest absolute Gasteiger partial charge is 0.476 e. The first-order chi connectivity index (χ1) is 14.1. The SMILES string of the molecule is Cc1cc2c(=O)n(C)c(C3(C)CC3)nc2c(C(C)Nc2ccc(Cl)nc2C(=O)O)n1. The van der Waals surface area contributed by atoms with Crippen LogP contribution in [-0.2, 0) is 12.5 Å². The highest BCUT2D eigenvalue weighted by Gasteiger charge is 2.43. The van der Waals surface area contributed by atoms with Crippen LogP contribution in [0.4, 0.5) is 5.69 Å². The fraction of sp³-hybridized carbons (Fsp3) is 0.381. The Labute approximate surface area is 178 Å². The van der Waals surface area contributed by atoms with E-state index in [4.69, 9.17) is 16.6 Å². The average Bonchev–Trinajstić information content (AvgIpc) is 3.43. The van der Waals surface area contributed by atoms with Crippen molar-refractivity contribution >= 4 is 34.2 Å². The van der Waals surface area contributed by atoms with Gasteiger partial charge in [0, 0.05) is 18.2 Å². The third kappa shape index (κ3) is 3.41. The van der Waals surface area contributed by atoms with E-state index in [0.717, 1.165) is 18.7 Å². The number of rotatable bonds is 5. The van der Waals surface area contributed by atoms with Gasteiger partial charge in [0.1, 0.15) is 16.5 Å². The third-order valence-electron chi connectivity index (χ3n) is 5.60. The van der Waals surface area contributed by atoms with Gasteiger partial charge in [-0.3, -0.25) is 14.3 Å². The minimum atomic E-state index is -1.19. The van der Waals surface area contributed by atoms with Gasteiger partial charge < -0.3 is 10.4 Å². The van der Waals surface area contributed by atoms with Crippen molar-refractivity contribution in [2.45, 2.75) is 45.1 Å². The summed E-state index contributed by atoms with van der Waals surface area (Å²) in [5.41, 5.74) is 1.72. The number of carboxylic acids is 1. The van der Waals surface area contributed by atoms with Crippen molar-refractivity contribution in [2.24, 2.45) is 7.05 Å². The van der Waals surface area contributed by atoms with Crippen molar-refractivity contribution in [2.75, 3.05) is 5.32 Å². The number of aromatic nitrogens is 4. The van der Waals surface area contributed by atoms with Gasteiger partial charge in [0.05, 0.1) is 22.8 Å². The summed E-state index contributed by atoms with van der Waals surface area (Å²) in [5.74, 6) is -0.441. The van der Waals surface area contributed by atoms with E-state index in [1.807, 2.05) is 13.8 Å². The lowest BCUT2D eigenvalue weighted by atomic mass is 10.1. The van der Waals surface area contributed by atoms with Crippen molar-refractivity contribution in [3.63, 3.8) is 0 Å². The molecule has 0 aliphatic heterocycles. The average molecular weight is 428 g/mol. The standard InChI is InChI=1S/C21H22ClN5O3/c1-10-9-12-16(26-20(21(3)7-8-21)27(4)18(12)28)15(23-10)11(2)24-13-5-6-14(22)25-17(13)19(29)30/h5-6,9,11,24H,7-8H2,1-4H3,(H,29,30). The Bertz CT molecular complexity index is 1250. The summed E-state index contributed by atoms with van der Waals surface area (Å²) in [6.45, 7) is 5.76. The van der Waals surface area contributed by atoms with Gasteiger partial charge in [-0.15, -0.1) is 0 Å². The van der Waals surface area contributed by atoms with Gasteiger partial charge in [-0.05, 0) is 44.9 Å². The van der Waals surface area contributed by atoms with Crippen LogP contribution in [0, 0.1) is 6.92 Å². The molecule has 1 aliphatic carbocycles. The second kappa shape index (κ2) is 7.05. The first-order valence-electron chi connectivity index (χ1n) is 9.66. The lowest BCUT2D eigenvalue weighted by Crippen LogP contribution is -2.27. The Hall–Kier alpha value is -3.00. The first kappa shape index (κ1) is 20.3. The van der Waals surface area contributed by atoms with Crippen molar-refractivity contribution in [1.82, 2.24) is 19.5 Å². The quantitative estimate of drug-likeness (QED) is 0.598. The monoisotopic (exact) mass is 427 g/mol. The number of carboxylic acid groups (broad SMARTS) is 1. The number of aromatic carboxylic acids is 1. The van der Waals surface area contributed by atoms with Gasteiger partial charge in [0.2, 0.25) is 0 Å². The fourth-order valence-electron chi connectivity index (χ4n) is 3.70. The van der Waals surface area contributed by atoms with Crippen LogP contribution in [0.1, 0.15) is 60.4 Å². The summed E-state index contributed by atoms with van der Waals surface area (Å²) < 4.78 is 1.63. The molecular formula is C21H22ClN5O3. The summed E-state index contributed by atoms with van der Waals surface area (Å²) in [7, 11) is 1.75. The molecule has 1 unspecified atom stereocenters. The Kier molecular flexibility index (Phi) is 4.77. The maximum atomic E-state index is 13.1. The molecule has 0 bridgehead atoms. The molecule has 0 aromatic carbocycles. The van der Waals surface area contributed by atoms with Gasteiger partial charge >= 0.3 is 5.97 Å². The highest BCUT2D eigenvalue weighted by molar-refractivity contribution is 6.29. The van der Waals surface area contributed by atoms with Crippen molar-refractivity contribution in [3.05, 3.63) is 56.6 Å². The number of fused-ring (bicyclic) bond motifs is 1. The van der Waals surface area contributed by atoms with Gasteiger partial charge in [0.15, 0.2) is 5.69 Å². The lowest BCUT2D eigenvalue weighted by Gasteiger charge is -2.20. The molecule has 1 atom stereocenters. The molecular weight excluding hydrogens is 406 g/mol. The molecule has 1 fully saturated rings. The molecule has 8 nitrogen and oxygen atoms in total. The number of hydrogen-bond donors (Lipinski definition) is 2. The van der Waals surface area contributed by atoms with E-state index in [1.54, 1.807) is 23.7 Å². The van der Waals surface area contributed by atoms with Crippen LogP contribution in [0.5, 0.6) is 0 Å². The summed E-state index contributed by atoms with van der Waals surface area (Å²) in [6.07, 6.45) is 1.97. The molecule has 3 aromatic heterocycles. The van der Waals surface area contributed by atoms with E-state index in [9.17, 15) is 14.7 Å². The van der Waals surface area contributed by atoms with Crippen molar-refractivity contribution in [3.8, 4) is 0 Å². The van der Waals surface area contributed by atoms with Crippen LogP contribution in [0.3, 0.4) is 0 Å². The molecule has 0 radical (unpaired) electrons. The maximum absolute atomic E-state index is 13.1. The molecule has 0 amide bonds. The molecule has 3 aromatic rings. The normalized spacial score (nSPS) is 15.8. The van der Waals surface area contributed by atoms with Crippen LogP contribution >= 0.6 is 11.6 Å². The highest BCUT2D eigenvalue weighted by atomic mass is 35.5. The molecule has 156 valence electrons. The second-order valence-electron chi connectivity index (χ2n) is 8.11. The molecule has 9 heteroatoms. The number of halogens is 1. The van der Waals surface area contributed by atoms with Crippen LogP contribution in [0.2, 0.25) is 5.15 Å². The number of nitrogens with zero attached hydrogens (tertiary/aromatic N) is 4. The minimum absolute atomic E-state index is 0.0946. The predicted molar refractivity (Wildman–Crippen MR) is 114 cm³/mol. The molecule has 0 saturated heterocycles. The molecule has 30 heavy (non-hydrogen) atoms. The van der Waals surface area contributed by atoms with Crippen LogP contribution < -0.4 is 10.9 Å². The lowest BCUT2D eigenvalue weighted by molar-refractivity contribution is 0.0691. The summed E-state index contributed by atoms with van der Waals surface area (Å²) in [5, 5.41) is 13.2. The Morgan fingerprint density at radius 1 is 1.30 bits per heavy atom. The summed E-state index contributed by atoms with van der Waals surface area (Å²) in [6, 6.07) is 4.40. The van der Waals surface area contributed by atoms with Crippen LogP contribution in [0.25, 0.3) is 10.9 Å². The second-order valence-corrected chi connectivity index (χ2v) is 8.49. The number of aryl methyl sites for hydroxylation is 1. The van der Waals surface area contributed by atoms with E-state index >= 15 is 0 Å². The van der Waals surface area contributed by atoms with E-state index in [1.165, 1.54) is 6.07 Å². The number of anilines is 1. The smallest absolute Gasteiger partial charge is 0.356 e. The Morgan fingerprint density at radius 3 is 2.63 bits per heavy atom. The maximum Gasteiger partial charge on any atom is 0.356 e. The zero-order chi connectivity index (χ0) is 21.8. The van der Waals surface area contributed by atoms with Gasteiger partial charge in [-0.1, -0.05) is 18.5 Å². The first-order valence-corrected chi connectivity index (χ1v) is 10.0. The van der Waals surface area contributed by atoms with Gasteiger partial charge in [0.25, 0.3) is 5.56 Å². The minimum Gasteiger partial charge on any atom is -0.476 e. The van der Waals surface area contributed by atoms with Gasteiger partial charge in [-0.2, -0.15) is 0 Å². The topological polar surface area (TPSA) is 110 Å². The van der Waals surface area contributed by atoms with Crippen LogP contribution in [0.15, 0.2) is 23.0 Å². The van der Waals surface area contributed by atoms with Crippen LogP contribution in [-0.4, -0.2) is 30.6 Å². The van der Waals surface area contributed by atoms with Crippen molar-refractivity contribution in [1.29, 1.82) is 0 Å². The van der Waals surface area contributed by atoms with E-state index in [0.29, 0.717) is 28.0 Å². The molecule has 0 spiro atoms. The predicted octanol–water partition coefficient (Wildman–Crippen LogP) is 3.61. The van der Waals surface area contributed by atoms with Gasteiger partial charge in [-0.25, -0.2) is 14.8 Å². The molecule has 3 heterocycles. The number of pyridine rings is 2. The Morgan fingerprint density at radius 2 is 2.00 bits per heavy atom. The van der Waals surface area contributed by atoms with Crippen molar-refractivity contribution < 1.29 is 9.90 Å². The Balaban J connectivity index is 1.86. The van der Waals surface area contributed by atoms with E-state index in [-0.39, 0.29) is 21.8 Å². The summed E-state index contributed by atoms with van der Waals surface area (Å²) in [4.78, 5) is 38.0. The molecule has 4 rings (SSSR count). The fourth-order valence-corrected chi connectivity index (χ4v) is 3.85. The highest BCUT2D eigenvalue weighted by Crippen LogP contribution is 2.46. The molecule has 1 aliphatic rings. The van der Waals surface area contributed by atoms with E-state index in [2.05, 4.69) is 22.2 Å². The number of hydrogen-bond acceptors (Lipinski definition) is 6. The third-order valence-corrected chi connectivity index (χ3v) is 5.81.